The topological polar surface area (TPSA) is 128 Å². The summed E-state index contributed by atoms with van der Waals surface area (Å²) in [5.74, 6) is -0.103. The van der Waals surface area contributed by atoms with E-state index < -0.39 is 11.2 Å². The molecule has 61 heavy (non-hydrogen) atoms. The van der Waals surface area contributed by atoms with E-state index in [1.165, 1.54) is 25.3 Å². The highest BCUT2D eigenvalue weighted by Crippen LogP contribution is 2.52. The fraction of sp³-hybridized carbons (Fsp3) is 0.511. The molecule has 12 nitrogen and oxygen atoms in total. The highest BCUT2D eigenvalue weighted by molar-refractivity contribution is 6.10. The number of piperidine rings is 2. The molecular formula is C47H59ClFN9O3. The second-order valence-corrected chi connectivity index (χ2v) is 18.2. The first-order chi connectivity index (χ1) is 28.9. The second kappa shape index (κ2) is 17.1. The number of anilines is 3. The maximum absolute atomic E-state index is 15.8. The van der Waals surface area contributed by atoms with Gasteiger partial charge in [0.25, 0.3) is 5.91 Å². The number of carbonyl (C=O) groups excluding carboxylic acids is 3. The minimum atomic E-state index is -0.702. The van der Waals surface area contributed by atoms with Crippen LogP contribution in [0.25, 0.3) is 22.3 Å². The van der Waals surface area contributed by atoms with E-state index in [0.717, 1.165) is 66.8 Å². The summed E-state index contributed by atoms with van der Waals surface area (Å²) >= 11 is 0. The van der Waals surface area contributed by atoms with Crippen LogP contribution in [0, 0.1) is 12.7 Å². The third-order valence-electron chi connectivity index (χ3n) is 13.6. The Hall–Kier alpha value is -4.85. The van der Waals surface area contributed by atoms with Crippen LogP contribution in [0.3, 0.4) is 0 Å². The Kier molecular flexibility index (Phi) is 12.0. The molecule has 1 aliphatic carbocycles. The van der Waals surface area contributed by atoms with Crippen LogP contribution in [0.4, 0.5) is 21.6 Å². The van der Waals surface area contributed by atoms with Gasteiger partial charge in [-0.15, -0.1) is 12.4 Å². The molecule has 0 bridgehead atoms. The summed E-state index contributed by atoms with van der Waals surface area (Å²) < 4.78 is 17.8. The van der Waals surface area contributed by atoms with Crippen LogP contribution < -0.4 is 20.9 Å². The highest BCUT2D eigenvalue weighted by atomic mass is 35.5. The minimum absolute atomic E-state index is 0. The lowest BCUT2D eigenvalue weighted by Crippen LogP contribution is -2.58. The summed E-state index contributed by atoms with van der Waals surface area (Å²) in [7, 11) is 0. The molecule has 2 aromatic carbocycles. The van der Waals surface area contributed by atoms with Gasteiger partial charge in [-0.3, -0.25) is 14.4 Å². The van der Waals surface area contributed by atoms with Crippen molar-refractivity contribution in [3.05, 3.63) is 76.9 Å². The third-order valence-corrected chi connectivity index (χ3v) is 13.6. The average Bonchev–Trinajstić information content (AvgIpc) is 3.76. The van der Waals surface area contributed by atoms with Gasteiger partial charge in [-0.1, -0.05) is 24.6 Å². The van der Waals surface area contributed by atoms with Crippen LogP contribution in [0.5, 0.6) is 0 Å². The Morgan fingerprint density at radius 1 is 0.967 bits per heavy atom. The number of carbonyl (C=O) groups is 3. The van der Waals surface area contributed by atoms with Crippen LogP contribution in [0.15, 0.2) is 54.4 Å². The number of nitrogens with one attached hydrogen (secondary N) is 3. The van der Waals surface area contributed by atoms with Gasteiger partial charge in [-0.25, -0.2) is 14.4 Å². The fourth-order valence-electron chi connectivity index (χ4n) is 10.2. The Labute approximate surface area is 364 Å². The van der Waals surface area contributed by atoms with Crippen molar-refractivity contribution in [1.29, 1.82) is 0 Å². The molecule has 0 atom stereocenters. The Morgan fingerprint density at radius 3 is 2.41 bits per heavy atom. The Morgan fingerprint density at radius 2 is 1.72 bits per heavy atom. The molecule has 3 N–H and O–H groups in total. The van der Waals surface area contributed by atoms with E-state index in [1.807, 2.05) is 41.5 Å². The van der Waals surface area contributed by atoms with Crippen molar-refractivity contribution in [3.8, 4) is 11.3 Å². The number of aromatic nitrogens is 3. The normalized spacial score (nSPS) is 21.4. The first kappa shape index (κ1) is 42.8. The lowest BCUT2D eigenvalue weighted by atomic mass is 9.73. The van der Waals surface area contributed by atoms with Crippen LogP contribution in [0.1, 0.15) is 107 Å². The number of benzene rings is 2. The Bertz CT molecular complexity index is 2370. The van der Waals surface area contributed by atoms with Gasteiger partial charge in [0.1, 0.15) is 11.3 Å². The highest BCUT2D eigenvalue weighted by Gasteiger charge is 2.56. The first-order valence-electron chi connectivity index (χ1n) is 22.1. The van der Waals surface area contributed by atoms with Crippen LogP contribution in [-0.2, 0) is 15.0 Å². The number of rotatable bonds is 9. The molecule has 2 saturated heterocycles. The van der Waals surface area contributed by atoms with Gasteiger partial charge in [0, 0.05) is 66.2 Å². The van der Waals surface area contributed by atoms with Gasteiger partial charge in [0.2, 0.25) is 11.8 Å². The minimum Gasteiger partial charge on any atom is -0.350 e. The number of likely N-dealkylation sites (tertiary alicyclic amines) is 2. The quantitative estimate of drug-likeness (QED) is 0.158. The number of imidazole rings is 1. The van der Waals surface area contributed by atoms with E-state index in [0.29, 0.717) is 66.7 Å². The van der Waals surface area contributed by atoms with E-state index in [-0.39, 0.29) is 53.9 Å². The van der Waals surface area contributed by atoms with Crippen molar-refractivity contribution < 1.29 is 18.8 Å². The van der Waals surface area contributed by atoms with Crippen molar-refractivity contribution in [2.24, 2.45) is 0 Å². The zero-order chi connectivity index (χ0) is 41.9. The number of hydrogen-bond acceptors (Lipinski definition) is 8. The van der Waals surface area contributed by atoms with Gasteiger partial charge in [-0.2, -0.15) is 0 Å². The molecule has 0 unspecified atom stereocenters. The summed E-state index contributed by atoms with van der Waals surface area (Å²) in [6.45, 7) is 14.5. The molecule has 6 heterocycles. The van der Waals surface area contributed by atoms with Crippen molar-refractivity contribution in [3.63, 3.8) is 0 Å². The van der Waals surface area contributed by atoms with Gasteiger partial charge in [0.15, 0.2) is 5.82 Å². The molecular weight excluding hydrogens is 793 g/mol. The summed E-state index contributed by atoms with van der Waals surface area (Å²) in [4.78, 5) is 58.4. The van der Waals surface area contributed by atoms with E-state index in [2.05, 4.69) is 51.7 Å². The fourth-order valence-corrected chi connectivity index (χ4v) is 10.2. The van der Waals surface area contributed by atoms with Crippen LogP contribution >= 0.6 is 12.4 Å². The molecule has 3 amide bonds. The average molecular weight is 852 g/mol. The summed E-state index contributed by atoms with van der Waals surface area (Å²) in [6, 6.07) is 11.7. The lowest BCUT2D eigenvalue weighted by molar-refractivity contribution is -0.133. The number of amides is 3. The zero-order valence-electron chi connectivity index (χ0n) is 36.0. The molecule has 1 spiro atoms. The van der Waals surface area contributed by atoms with Gasteiger partial charge in [0.05, 0.1) is 28.6 Å². The molecule has 1 saturated carbocycles. The number of halogens is 2. The van der Waals surface area contributed by atoms with Gasteiger partial charge in [-0.05, 0) is 135 Å². The molecule has 5 aliphatic rings. The molecule has 3 fully saturated rings. The van der Waals surface area contributed by atoms with E-state index in [9.17, 15) is 9.59 Å². The largest absolute Gasteiger partial charge is 0.350 e. The van der Waals surface area contributed by atoms with E-state index in [1.54, 1.807) is 19.3 Å². The number of fused-ring (bicyclic) bond motifs is 3. The number of nitrogens with zero attached hydrogens (tertiary/aromatic N) is 6. The van der Waals surface area contributed by atoms with Gasteiger partial charge >= 0.3 is 0 Å². The SMILES string of the molecule is Cc1cc(F)c(Nc2nc(-c3ccc4c(c3)N([C@H]3C[C@@H](N5CCCCC5)C3)C(=O)C43CCN(C(=O)C4=CCNCC4)CC3)cc3ncn(C(C)C)c23)cc1C(=O)NC(C)C.Cl. The number of pyridine rings is 1. The van der Waals surface area contributed by atoms with Crippen molar-refractivity contribution in [2.45, 2.75) is 116 Å². The van der Waals surface area contributed by atoms with Crippen LogP contribution in [-0.4, -0.2) is 99.5 Å². The van der Waals surface area contributed by atoms with Crippen molar-refractivity contribution in [1.82, 2.24) is 35.0 Å². The predicted octanol–water partition coefficient (Wildman–Crippen LogP) is 7.57. The molecule has 14 heteroatoms. The standard InChI is InChI=1S/C47H58FN9O3.ClH/c1-28(2)51-44(58)35-25-39(37(48)21-30(35)5)53-43-42-40(50-27-56(42)29(3)4)26-38(52-43)32-9-10-36-41(22-32)57(34-23-33(24-34)54-17-7-6-8-18-54)46(60)47(36)13-19-55(20-14-47)45(59)31-11-15-49-16-12-31;/h9-11,21-22,25-29,33-34,49H,6-8,12-20,23-24H2,1-5H3,(H,51,58)(H,52,53);1H/t33-,34+;. The predicted molar refractivity (Wildman–Crippen MR) is 240 cm³/mol. The third kappa shape index (κ3) is 7.82. The first-order valence-corrected chi connectivity index (χ1v) is 22.1. The molecule has 2 aromatic heterocycles. The molecule has 4 aromatic rings. The molecule has 9 rings (SSSR count). The lowest BCUT2D eigenvalue weighted by Gasteiger charge is -2.48. The zero-order valence-corrected chi connectivity index (χ0v) is 36.8. The molecule has 4 aliphatic heterocycles. The van der Waals surface area contributed by atoms with E-state index in [4.69, 9.17) is 9.97 Å². The smallest absolute Gasteiger partial charge is 0.251 e. The van der Waals surface area contributed by atoms with Crippen LogP contribution in [0.2, 0.25) is 0 Å². The molecule has 324 valence electrons. The summed E-state index contributed by atoms with van der Waals surface area (Å²) in [5.41, 5.74) is 6.05. The number of aryl methyl sites for hydroxylation is 1. The van der Waals surface area contributed by atoms with E-state index >= 15 is 9.18 Å². The maximum Gasteiger partial charge on any atom is 0.251 e. The maximum atomic E-state index is 15.8. The molecule has 0 radical (unpaired) electrons. The summed E-state index contributed by atoms with van der Waals surface area (Å²) in [6.07, 6.45) is 11.3. The van der Waals surface area contributed by atoms with Crippen molar-refractivity contribution >= 4 is 58.4 Å². The second-order valence-electron chi connectivity index (χ2n) is 18.2. The summed E-state index contributed by atoms with van der Waals surface area (Å²) in [5, 5.41) is 9.49. The van der Waals surface area contributed by atoms with Crippen molar-refractivity contribution in [2.75, 3.05) is 49.5 Å². The monoisotopic (exact) mass is 851 g/mol. The Balaban J connectivity index is 0.00000514. The van der Waals surface area contributed by atoms with Gasteiger partial charge < -0.3 is 35.2 Å². The number of hydrogen-bond donors (Lipinski definition) is 3.